The zero-order valence-corrected chi connectivity index (χ0v) is 10.1. The minimum Gasteiger partial charge on any atom is -0.249 e. The molecule has 0 aromatic carbocycles. The summed E-state index contributed by atoms with van der Waals surface area (Å²) in [4.78, 5) is 0. The van der Waals surface area contributed by atoms with E-state index in [9.17, 15) is 0 Å². The molecule has 0 saturated heterocycles. The minimum atomic E-state index is 0.412. The fourth-order valence-electron chi connectivity index (χ4n) is 2.61. The van der Waals surface area contributed by atoms with E-state index in [-0.39, 0.29) is 0 Å². The van der Waals surface area contributed by atoms with E-state index >= 15 is 0 Å². The molecule has 90 valence electrons. The number of rotatable bonds is 5. The Hall–Kier alpha value is -1.37. The lowest BCUT2D eigenvalue weighted by Crippen LogP contribution is -2.15. The van der Waals surface area contributed by atoms with Gasteiger partial charge in [0.05, 0.1) is 18.2 Å². The third-order valence-electron chi connectivity index (χ3n) is 4.03. The van der Waals surface area contributed by atoms with E-state index in [1.54, 1.807) is 0 Å². The molecule has 0 N–H and O–H groups in total. The molecular formula is C13H18N4. The summed E-state index contributed by atoms with van der Waals surface area (Å²) in [6, 6.07) is 2.19. The molecule has 0 atom stereocenters. The summed E-state index contributed by atoms with van der Waals surface area (Å²) in [5.74, 6) is 1.54. The van der Waals surface area contributed by atoms with Gasteiger partial charge in [-0.2, -0.15) is 5.26 Å². The fourth-order valence-corrected chi connectivity index (χ4v) is 2.61. The standard InChI is InChI=1S/C13H18N4/c14-8-6-12-13(11-4-5-11)17(16-15-12)9-7-10-2-1-3-10/h10-11H,1-7,9H2. The second kappa shape index (κ2) is 4.48. The van der Waals surface area contributed by atoms with E-state index in [1.165, 1.54) is 44.2 Å². The quantitative estimate of drug-likeness (QED) is 0.780. The van der Waals surface area contributed by atoms with Crippen LogP contribution in [0.1, 0.15) is 55.8 Å². The molecule has 2 aliphatic carbocycles. The zero-order chi connectivity index (χ0) is 11.7. The van der Waals surface area contributed by atoms with Crippen LogP contribution >= 0.6 is 0 Å². The second-order valence-corrected chi connectivity index (χ2v) is 5.34. The smallest absolute Gasteiger partial charge is 0.100 e. The maximum atomic E-state index is 8.79. The predicted molar refractivity (Wildman–Crippen MR) is 63.3 cm³/mol. The van der Waals surface area contributed by atoms with Gasteiger partial charge in [0.15, 0.2) is 0 Å². The first kappa shape index (κ1) is 10.8. The maximum Gasteiger partial charge on any atom is 0.100 e. The van der Waals surface area contributed by atoms with Crippen molar-refractivity contribution in [2.24, 2.45) is 5.92 Å². The second-order valence-electron chi connectivity index (χ2n) is 5.34. The molecule has 0 unspecified atom stereocenters. The van der Waals surface area contributed by atoms with Gasteiger partial charge in [-0.15, -0.1) is 5.10 Å². The highest BCUT2D eigenvalue weighted by Crippen LogP contribution is 2.41. The van der Waals surface area contributed by atoms with Crippen LogP contribution in [-0.2, 0) is 13.0 Å². The SMILES string of the molecule is N#CCc1nnn(CCC2CCC2)c1C1CC1. The number of hydrogen-bond donors (Lipinski definition) is 0. The van der Waals surface area contributed by atoms with Crippen LogP contribution in [0.3, 0.4) is 0 Å². The van der Waals surface area contributed by atoms with Gasteiger partial charge in [0.2, 0.25) is 0 Å². The van der Waals surface area contributed by atoms with Gasteiger partial charge < -0.3 is 0 Å². The molecule has 3 rings (SSSR count). The van der Waals surface area contributed by atoms with Crippen molar-refractivity contribution in [1.82, 2.24) is 15.0 Å². The molecule has 0 aliphatic heterocycles. The molecule has 2 aliphatic rings. The monoisotopic (exact) mass is 230 g/mol. The number of aryl methyl sites for hydroxylation is 1. The van der Waals surface area contributed by atoms with Crippen molar-refractivity contribution in [2.45, 2.75) is 57.4 Å². The maximum absolute atomic E-state index is 8.79. The Morgan fingerprint density at radius 3 is 2.71 bits per heavy atom. The minimum absolute atomic E-state index is 0.412. The highest BCUT2D eigenvalue weighted by Gasteiger charge is 2.31. The van der Waals surface area contributed by atoms with Crippen LogP contribution < -0.4 is 0 Å². The summed E-state index contributed by atoms with van der Waals surface area (Å²) < 4.78 is 2.07. The highest BCUT2D eigenvalue weighted by atomic mass is 15.4. The number of hydrogen-bond acceptors (Lipinski definition) is 3. The van der Waals surface area contributed by atoms with Crippen LogP contribution in [0.4, 0.5) is 0 Å². The molecular weight excluding hydrogens is 212 g/mol. The molecule has 0 bridgehead atoms. The molecule has 2 saturated carbocycles. The normalized spacial score (nSPS) is 19.9. The predicted octanol–water partition coefficient (Wildman–Crippen LogP) is 2.41. The Morgan fingerprint density at radius 2 is 2.12 bits per heavy atom. The molecule has 1 aromatic rings. The molecule has 17 heavy (non-hydrogen) atoms. The van der Waals surface area contributed by atoms with Gasteiger partial charge in [-0.25, -0.2) is 4.68 Å². The van der Waals surface area contributed by atoms with E-state index in [4.69, 9.17) is 5.26 Å². The first-order chi connectivity index (χ1) is 8.38. The van der Waals surface area contributed by atoms with Crippen molar-refractivity contribution < 1.29 is 0 Å². The van der Waals surface area contributed by atoms with Gasteiger partial charge in [-0.3, -0.25) is 0 Å². The molecule has 4 nitrogen and oxygen atoms in total. The molecule has 0 amide bonds. The number of aromatic nitrogens is 3. The molecule has 0 spiro atoms. The number of nitriles is 1. The van der Waals surface area contributed by atoms with Crippen molar-refractivity contribution in [3.8, 4) is 6.07 Å². The highest BCUT2D eigenvalue weighted by molar-refractivity contribution is 5.22. The molecule has 4 heteroatoms. The van der Waals surface area contributed by atoms with Gasteiger partial charge in [-0.05, 0) is 25.2 Å². The fraction of sp³-hybridized carbons (Fsp3) is 0.769. The van der Waals surface area contributed by atoms with E-state index in [2.05, 4.69) is 21.1 Å². The van der Waals surface area contributed by atoms with E-state index in [0.29, 0.717) is 12.3 Å². The molecule has 2 fully saturated rings. The first-order valence-electron chi connectivity index (χ1n) is 6.67. The summed E-state index contributed by atoms with van der Waals surface area (Å²) in [7, 11) is 0. The molecule has 1 heterocycles. The van der Waals surface area contributed by atoms with Gasteiger partial charge in [0, 0.05) is 12.5 Å². The lowest BCUT2D eigenvalue weighted by atomic mass is 9.83. The Morgan fingerprint density at radius 1 is 1.29 bits per heavy atom. The Labute approximate surface area is 102 Å². The van der Waals surface area contributed by atoms with Crippen molar-refractivity contribution >= 4 is 0 Å². The van der Waals surface area contributed by atoms with Crippen molar-refractivity contribution in [3.63, 3.8) is 0 Å². The summed E-state index contributed by atoms with van der Waals surface area (Å²) in [6.45, 7) is 0.995. The van der Waals surface area contributed by atoms with Crippen molar-refractivity contribution in [2.75, 3.05) is 0 Å². The van der Waals surface area contributed by atoms with Crippen LogP contribution in [-0.4, -0.2) is 15.0 Å². The largest absolute Gasteiger partial charge is 0.249 e. The van der Waals surface area contributed by atoms with Gasteiger partial charge in [-0.1, -0.05) is 24.5 Å². The van der Waals surface area contributed by atoms with E-state index in [0.717, 1.165) is 18.2 Å². The van der Waals surface area contributed by atoms with E-state index < -0.39 is 0 Å². The molecule has 0 radical (unpaired) electrons. The first-order valence-corrected chi connectivity index (χ1v) is 6.67. The van der Waals surface area contributed by atoms with E-state index in [1.807, 2.05) is 0 Å². The Bertz CT molecular complexity index is 435. The van der Waals surface area contributed by atoms with Gasteiger partial charge in [0.25, 0.3) is 0 Å². The van der Waals surface area contributed by atoms with Crippen molar-refractivity contribution in [1.29, 1.82) is 5.26 Å². The van der Waals surface area contributed by atoms with Crippen LogP contribution in [0.2, 0.25) is 0 Å². The zero-order valence-electron chi connectivity index (χ0n) is 10.1. The van der Waals surface area contributed by atoms with Gasteiger partial charge >= 0.3 is 0 Å². The summed E-state index contributed by atoms with van der Waals surface area (Å²) in [6.07, 6.45) is 8.31. The summed E-state index contributed by atoms with van der Waals surface area (Å²) in [5, 5.41) is 17.2. The third kappa shape index (κ3) is 2.19. The molecule has 1 aromatic heterocycles. The number of nitrogens with zero attached hydrogens (tertiary/aromatic N) is 4. The topological polar surface area (TPSA) is 54.5 Å². The van der Waals surface area contributed by atoms with Crippen molar-refractivity contribution in [3.05, 3.63) is 11.4 Å². The van der Waals surface area contributed by atoms with Crippen LogP contribution in [0.15, 0.2) is 0 Å². The van der Waals surface area contributed by atoms with Crippen LogP contribution in [0.5, 0.6) is 0 Å². The third-order valence-corrected chi connectivity index (χ3v) is 4.03. The van der Waals surface area contributed by atoms with Crippen LogP contribution in [0.25, 0.3) is 0 Å². The lowest BCUT2D eigenvalue weighted by molar-refractivity contribution is 0.275. The average Bonchev–Trinajstić information content (AvgIpc) is 3.01. The Balaban J connectivity index is 1.71. The lowest BCUT2D eigenvalue weighted by Gasteiger charge is -2.25. The average molecular weight is 230 g/mol. The van der Waals surface area contributed by atoms with Crippen LogP contribution in [0, 0.1) is 17.2 Å². The summed E-state index contributed by atoms with van der Waals surface area (Å²) >= 11 is 0. The Kier molecular flexibility index (Phi) is 2.84. The van der Waals surface area contributed by atoms with Gasteiger partial charge in [0.1, 0.15) is 5.69 Å². The summed E-state index contributed by atoms with van der Waals surface area (Å²) in [5.41, 5.74) is 2.18.